The number of nitrogens with zero attached hydrogens (tertiary/aromatic N) is 2. The first-order chi connectivity index (χ1) is 9.30. The number of aromatic nitrogens is 2. The monoisotopic (exact) mass is 267 g/mol. The van der Waals surface area contributed by atoms with Crippen LogP contribution in [0.3, 0.4) is 0 Å². The van der Waals surface area contributed by atoms with Crippen LogP contribution >= 0.6 is 0 Å². The summed E-state index contributed by atoms with van der Waals surface area (Å²) in [7, 11) is 0. The molecule has 0 bridgehead atoms. The Morgan fingerprint density at radius 3 is 2.95 bits per heavy atom. The van der Waals surface area contributed by atoms with E-state index in [1.54, 1.807) is 0 Å². The van der Waals surface area contributed by atoms with Crippen molar-refractivity contribution in [2.24, 2.45) is 11.7 Å². The van der Waals surface area contributed by atoms with Gasteiger partial charge in [-0.05, 0) is 38.6 Å². The largest absolute Gasteiger partial charge is 0.370 e. The van der Waals surface area contributed by atoms with Crippen LogP contribution in [0.1, 0.15) is 69.7 Å². The molecule has 0 radical (unpaired) electrons. The van der Waals surface area contributed by atoms with Crippen LogP contribution in [0.15, 0.2) is 4.52 Å². The quantitative estimate of drug-likeness (QED) is 0.822. The number of hydrogen-bond donors (Lipinski definition) is 1. The maximum atomic E-state index is 5.81. The molecule has 1 aromatic rings. The Labute approximate surface area is 114 Å². The molecule has 1 aromatic heterocycles. The van der Waals surface area contributed by atoms with Gasteiger partial charge in [0.1, 0.15) is 6.10 Å². The predicted octanol–water partition coefficient (Wildman–Crippen LogP) is 2.79. The van der Waals surface area contributed by atoms with Gasteiger partial charge in [-0.2, -0.15) is 4.98 Å². The number of ether oxygens (including phenoxy) is 1. The molecule has 1 aliphatic rings. The SMILES string of the molecule is CCCC(OCC)c1noc(C2CCCC2CN)n1. The molecule has 0 saturated heterocycles. The first-order valence-electron chi connectivity index (χ1n) is 7.45. The Balaban J connectivity index is 2.08. The molecular weight excluding hydrogens is 242 g/mol. The molecule has 0 amide bonds. The van der Waals surface area contributed by atoms with Gasteiger partial charge in [0.05, 0.1) is 0 Å². The molecule has 5 heteroatoms. The molecule has 108 valence electrons. The van der Waals surface area contributed by atoms with Crippen LogP contribution in [0.5, 0.6) is 0 Å². The van der Waals surface area contributed by atoms with Gasteiger partial charge >= 0.3 is 0 Å². The minimum atomic E-state index is -0.0368. The molecule has 2 rings (SSSR count). The highest BCUT2D eigenvalue weighted by molar-refractivity contribution is 5.01. The smallest absolute Gasteiger partial charge is 0.230 e. The second-order valence-corrected chi connectivity index (χ2v) is 5.26. The fraction of sp³-hybridized carbons (Fsp3) is 0.857. The molecule has 3 unspecified atom stereocenters. The standard InChI is InChI=1S/C14H25N3O2/c1-3-6-12(18-4-2)13-16-14(19-17-13)11-8-5-7-10(11)9-15/h10-12H,3-9,15H2,1-2H3. The molecule has 1 fully saturated rings. The van der Waals surface area contributed by atoms with Crippen LogP contribution in [-0.2, 0) is 4.74 Å². The van der Waals surface area contributed by atoms with Crippen molar-refractivity contribution in [3.8, 4) is 0 Å². The third-order valence-corrected chi connectivity index (χ3v) is 3.94. The molecule has 3 atom stereocenters. The fourth-order valence-electron chi connectivity index (χ4n) is 2.92. The first kappa shape index (κ1) is 14.5. The van der Waals surface area contributed by atoms with Gasteiger partial charge in [0.15, 0.2) is 0 Å². The van der Waals surface area contributed by atoms with E-state index in [0.29, 0.717) is 30.8 Å². The van der Waals surface area contributed by atoms with Gasteiger partial charge in [0.2, 0.25) is 11.7 Å². The molecule has 2 N–H and O–H groups in total. The Bertz CT molecular complexity index is 375. The summed E-state index contributed by atoms with van der Waals surface area (Å²) in [4.78, 5) is 4.57. The van der Waals surface area contributed by atoms with Crippen molar-refractivity contribution >= 4 is 0 Å². The highest BCUT2D eigenvalue weighted by Crippen LogP contribution is 2.38. The van der Waals surface area contributed by atoms with E-state index in [1.807, 2.05) is 6.92 Å². The summed E-state index contributed by atoms with van der Waals surface area (Å²) in [6.45, 7) is 5.50. The predicted molar refractivity (Wildman–Crippen MR) is 72.7 cm³/mol. The lowest BCUT2D eigenvalue weighted by Crippen LogP contribution is -2.17. The molecule has 1 saturated carbocycles. The molecular formula is C14H25N3O2. The second kappa shape index (κ2) is 7.01. The highest BCUT2D eigenvalue weighted by Gasteiger charge is 2.32. The van der Waals surface area contributed by atoms with E-state index in [1.165, 1.54) is 12.8 Å². The van der Waals surface area contributed by atoms with Crippen LogP contribution in [0, 0.1) is 5.92 Å². The van der Waals surface area contributed by atoms with Crippen molar-refractivity contribution in [1.82, 2.24) is 10.1 Å². The van der Waals surface area contributed by atoms with Gasteiger partial charge < -0.3 is 15.0 Å². The maximum absolute atomic E-state index is 5.81. The summed E-state index contributed by atoms with van der Waals surface area (Å²) in [6.07, 6.45) is 5.42. The van der Waals surface area contributed by atoms with Crippen LogP contribution in [0.2, 0.25) is 0 Å². The second-order valence-electron chi connectivity index (χ2n) is 5.26. The van der Waals surface area contributed by atoms with E-state index in [9.17, 15) is 0 Å². The number of rotatable bonds is 7. The van der Waals surface area contributed by atoms with Crippen molar-refractivity contribution < 1.29 is 9.26 Å². The van der Waals surface area contributed by atoms with Gasteiger partial charge in [0, 0.05) is 12.5 Å². The molecule has 19 heavy (non-hydrogen) atoms. The average molecular weight is 267 g/mol. The molecule has 0 aliphatic heterocycles. The molecule has 0 aromatic carbocycles. The summed E-state index contributed by atoms with van der Waals surface area (Å²) < 4.78 is 11.1. The zero-order valence-electron chi connectivity index (χ0n) is 12.0. The Hall–Kier alpha value is -0.940. The normalized spacial score (nSPS) is 24.8. The van der Waals surface area contributed by atoms with Gasteiger partial charge in [0.25, 0.3) is 0 Å². The minimum Gasteiger partial charge on any atom is -0.370 e. The van der Waals surface area contributed by atoms with E-state index < -0.39 is 0 Å². The zero-order chi connectivity index (χ0) is 13.7. The summed E-state index contributed by atoms with van der Waals surface area (Å²) >= 11 is 0. The third-order valence-electron chi connectivity index (χ3n) is 3.94. The number of hydrogen-bond acceptors (Lipinski definition) is 5. The Morgan fingerprint density at radius 1 is 1.42 bits per heavy atom. The Morgan fingerprint density at radius 2 is 2.26 bits per heavy atom. The molecule has 1 aliphatic carbocycles. The first-order valence-corrected chi connectivity index (χ1v) is 7.45. The van der Waals surface area contributed by atoms with E-state index in [2.05, 4.69) is 17.1 Å². The molecule has 5 nitrogen and oxygen atoms in total. The molecule has 1 heterocycles. The van der Waals surface area contributed by atoms with E-state index >= 15 is 0 Å². The van der Waals surface area contributed by atoms with Gasteiger partial charge in [-0.15, -0.1) is 0 Å². The van der Waals surface area contributed by atoms with Crippen LogP contribution < -0.4 is 5.73 Å². The summed E-state index contributed by atoms with van der Waals surface area (Å²) in [5, 5.41) is 4.12. The van der Waals surface area contributed by atoms with E-state index in [4.69, 9.17) is 15.0 Å². The zero-order valence-corrected chi connectivity index (χ0v) is 12.0. The van der Waals surface area contributed by atoms with Crippen molar-refractivity contribution in [1.29, 1.82) is 0 Å². The van der Waals surface area contributed by atoms with E-state index in [0.717, 1.165) is 25.2 Å². The highest BCUT2D eigenvalue weighted by atomic mass is 16.5. The lowest BCUT2D eigenvalue weighted by atomic mass is 9.96. The van der Waals surface area contributed by atoms with Crippen molar-refractivity contribution in [2.45, 2.75) is 58.0 Å². The third kappa shape index (κ3) is 3.34. The topological polar surface area (TPSA) is 74.2 Å². The summed E-state index contributed by atoms with van der Waals surface area (Å²) in [5.41, 5.74) is 5.81. The number of nitrogens with two attached hydrogens (primary N) is 1. The summed E-state index contributed by atoms with van der Waals surface area (Å²) in [6, 6.07) is 0. The van der Waals surface area contributed by atoms with Crippen LogP contribution in [0.25, 0.3) is 0 Å². The van der Waals surface area contributed by atoms with Crippen LogP contribution in [0.4, 0.5) is 0 Å². The van der Waals surface area contributed by atoms with Gasteiger partial charge in [-0.3, -0.25) is 0 Å². The maximum Gasteiger partial charge on any atom is 0.230 e. The van der Waals surface area contributed by atoms with Crippen LogP contribution in [-0.4, -0.2) is 23.3 Å². The van der Waals surface area contributed by atoms with Crippen molar-refractivity contribution in [3.05, 3.63) is 11.7 Å². The van der Waals surface area contributed by atoms with Gasteiger partial charge in [-0.1, -0.05) is 24.9 Å². The van der Waals surface area contributed by atoms with E-state index in [-0.39, 0.29) is 6.10 Å². The average Bonchev–Trinajstić information content (AvgIpc) is 3.06. The molecule has 0 spiro atoms. The lowest BCUT2D eigenvalue weighted by molar-refractivity contribution is 0.0477. The summed E-state index contributed by atoms with van der Waals surface area (Å²) in [5.74, 6) is 2.28. The van der Waals surface area contributed by atoms with Gasteiger partial charge in [-0.25, -0.2) is 0 Å². The minimum absolute atomic E-state index is 0.0368. The van der Waals surface area contributed by atoms with Crippen molar-refractivity contribution in [3.63, 3.8) is 0 Å². The van der Waals surface area contributed by atoms with Crippen molar-refractivity contribution in [2.75, 3.05) is 13.2 Å². The Kier molecular flexibility index (Phi) is 5.34. The lowest BCUT2D eigenvalue weighted by Gasteiger charge is -2.13. The fourth-order valence-corrected chi connectivity index (χ4v) is 2.92.